The van der Waals surface area contributed by atoms with Gasteiger partial charge in [0.05, 0.1) is 6.10 Å². The Hall–Kier alpha value is -0.410. The van der Waals surface area contributed by atoms with E-state index in [1.807, 2.05) is 0 Å². The van der Waals surface area contributed by atoms with Gasteiger partial charge in [-0.05, 0) is 0 Å². The molecule has 9 heavy (non-hydrogen) atoms. The lowest BCUT2D eigenvalue weighted by Gasteiger charge is -2.00. The molecule has 0 aromatic carbocycles. The van der Waals surface area contributed by atoms with Gasteiger partial charge in [-0.15, -0.1) is 0 Å². The molecule has 0 heterocycles. The van der Waals surface area contributed by atoms with E-state index in [0.717, 1.165) is 0 Å². The molecule has 0 spiro atoms. The second-order valence-electron chi connectivity index (χ2n) is 3.07. The zero-order valence-corrected chi connectivity index (χ0v) is 5.46. The third-order valence-electron chi connectivity index (χ3n) is 2.23. The Kier molecular flexibility index (Phi) is 1.01. The van der Waals surface area contributed by atoms with Crippen molar-refractivity contribution in [3.05, 3.63) is 0 Å². The van der Waals surface area contributed by atoms with Crippen molar-refractivity contribution < 1.29 is 15.0 Å². The molecule has 2 atom stereocenters. The summed E-state index contributed by atoms with van der Waals surface area (Å²) < 4.78 is 0. The summed E-state index contributed by atoms with van der Waals surface area (Å²) in [5, 5.41) is 18.0. The summed E-state index contributed by atoms with van der Waals surface area (Å²) in [6.45, 7) is 3.29. The molecule has 0 aromatic heterocycles. The maximum absolute atomic E-state index is 10.1. The van der Waals surface area contributed by atoms with Gasteiger partial charge in [-0.25, -0.2) is 0 Å². The van der Waals surface area contributed by atoms with Crippen molar-refractivity contribution in [3.8, 4) is 0 Å². The topological polar surface area (TPSA) is 57.5 Å². The standard InChI is InChI=1S/C6H10O3/c1-5(2)4(8)6(5,9)3-7/h3-4,8-9H,1-2H3/t4?,6-/m1/s1. The van der Waals surface area contributed by atoms with E-state index in [0.29, 0.717) is 6.29 Å². The summed E-state index contributed by atoms with van der Waals surface area (Å²) in [6.07, 6.45) is -0.486. The van der Waals surface area contributed by atoms with Gasteiger partial charge in [0.1, 0.15) is 0 Å². The summed E-state index contributed by atoms with van der Waals surface area (Å²) >= 11 is 0. The predicted octanol–water partition coefficient (Wildman–Crippen LogP) is -0.683. The predicted molar refractivity (Wildman–Crippen MR) is 30.8 cm³/mol. The third-order valence-corrected chi connectivity index (χ3v) is 2.23. The zero-order valence-electron chi connectivity index (χ0n) is 5.46. The fraction of sp³-hybridized carbons (Fsp3) is 0.833. The molecule has 1 aliphatic carbocycles. The first kappa shape index (κ1) is 6.71. The van der Waals surface area contributed by atoms with Crippen LogP contribution < -0.4 is 0 Å². The van der Waals surface area contributed by atoms with E-state index in [2.05, 4.69) is 0 Å². The summed E-state index contributed by atoms with van der Waals surface area (Å²) in [5.41, 5.74) is -2.12. The highest BCUT2D eigenvalue weighted by molar-refractivity contribution is 5.72. The quantitative estimate of drug-likeness (QED) is 0.462. The van der Waals surface area contributed by atoms with Crippen LogP contribution >= 0.6 is 0 Å². The van der Waals surface area contributed by atoms with Gasteiger partial charge in [-0.1, -0.05) is 13.8 Å². The summed E-state index contributed by atoms with van der Waals surface area (Å²) in [6, 6.07) is 0. The number of aldehydes is 1. The molecule has 1 unspecified atom stereocenters. The molecular weight excluding hydrogens is 120 g/mol. The first-order chi connectivity index (χ1) is 3.97. The van der Waals surface area contributed by atoms with Crippen LogP contribution in [0.25, 0.3) is 0 Å². The molecule has 3 heteroatoms. The number of hydrogen-bond acceptors (Lipinski definition) is 3. The van der Waals surface area contributed by atoms with Gasteiger partial charge in [0.2, 0.25) is 0 Å². The van der Waals surface area contributed by atoms with Crippen LogP contribution in [0.3, 0.4) is 0 Å². The van der Waals surface area contributed by atoms with Crippen LogP contribution in [0.4, 0.5) is 0 Å². The maximum Gasteiger partial charge on any atom is 0.154 e. The number of rotatable bonds is 1. The fourth-order valence-electron chi connectivity index (χ4n) is 0.963. The summed E-state index contributed by atoms with van der Waals surface area (Å²) in [7, 11) is 0. The molecular formula is C6H10O3. The Morgan fingerprint density at radius 3 is 1.89 bits per heavy atom. The van der Waals surface area contributed by atoms with Gasteiger partial charge >= 0.3 is 0 Å². The Morgan fingerprint density at radius 1 is 1.56 bits per heavy atom. The fourth-order valence-corrected chi connectivity index (χ4v) is 0.963. The van der Waals surface area contributed by atoms with Crippen molar-refractivity contribution in [3.63, 3.8) is 0 Å². The van der Waals surface area contributed by atoms with Crippen molar-refractivity contribution in [2.45, 2.75) is 25.6 Å². The van der Waals surface area contributed by atoms with Crippen molar-refractivity contribution >= 4 is 6.29 Å². The molecule has 3 nitrogen and oxygen atoms in total. The molecule has 1 aliphatic rings. The minimum absolute atomic E-state index is 0.400. The second-order valence-corrected chi connectivity index (χ2v) is 3.07. The number of aliphatic hydroxyl groups is 2. The molecule has 1 rings (SSSR count). The molecule has 0 bridgehead atoms. The number of hydrogen-bond donors (Lipinski definition) is 2. The van der Waals surface area contributed by atoms with Crippen LogP contribution in [0.1, 0.15) is 13.8 Å². The van der Waals surface area contributed by atoms with E-state index >= 15 is 0 Å². The van der Waals surface area contributed by atoms with E-state index in [-0.39, 0.29) is 0 Å². The molecule has 1 fully saturated rings. The van der Waals surface area contributed by atoms with Gasteiger partial charge in [-0.3, -0.25) is 0 Å². The van der Waals surface area contributed by atoms with Gasteiger partial charge in [-0.2, -0.15) is 0 Å². The Labute approximate surface area is 53.3 Å². The molecule has 2 N–H and O–H groups in total. The Bertz CT molecular complexity index is 152. The van der Waals surface area contributed by atoms with Gasteiger partial charge in [0, 0.05) is 5.41 Å². The highest BCUT2D eigenvalue weighted by atomic mass is 16.4. The number of carbonyl (C=O) groups excluding carboxylic acids is 1. The van der Waals surface area contributed by atoms with E-state index < -0.39 is 17.1 Å². The summed E-state index contributed by atoms with van der Waals surface area (Å²) in [4.78, 5) is 10.1. The molecule has 0 radical (unpaired) electrons. The van der Waals surface area contributed by atoms with Crippen molar-refractivity contribution in [1.29, 1.82) is 0 Å². The van der Waals surface area contributed by atoms with Crippen molar-refractivity contribution in [1.82, 2.24) is 0 Å². The average molecular weight is 130 g/mol. The molecule has 1 saturated carbocycles. The highest BCUT2D eigenvalue weighted by Gasteiger charge is 2.71. The SMILES string of the molecule is CC1(C)C(O)[C@]1(O)C=O. The van der Waals surface area contributed by atoms with Crippen LogP contribution in [-0.4, -0.2) is 28.2 Å². The van der Waals surface area contributed by atoms with Gasteiger partial charge in [0.25, 0.3) is 0 Å². The van der Waals surface area contributed by atoms with E-state index in [1.165, 1.54) is 0 Å². The third kappa shape index (κ3) is 0.509. The first-order valence-corrected chi connectivity index (χ1v) is 2.83. The second kappa shape index (κ2) is 1.36. The molecule has 0 saturated heterocycles. The number of aliphatic hydroxyl groups excluding tert-OH is 1. The van der Waals surface area contributed by atoms with E-state index in [4.69, 9.17) is 10.2 Å². The van der Waals surface area contributed by atoms with E-state index in [1.54, 1.807) is 13.8 Å². The molecule has 0 aromatic rings. The Balaban J connectivity index is 2.81. The lowest BCUT2D eigenvalue weighted by Crippen LogP contribution is -2.18. The smallest absolute Gasteiger partial charge is 0.154 e. The van der Waals surface area contributed by atoms with Crippen LogP contribution in [0.15, 0.2) is 0 Å². The maximum atomic E-state index is 10.1. The van der Waals surface area contributed by atoms with Crippen LogP contribution in [0.2, 0.25) is 0 Å². The molecule has 0 amide bonds. The van der Waals surface area contributed by atoms with Crippen LogP contribution in [0, 0.1) is 5.41 Å². The molecule has 52 valence electrons. The normalized spacial score (nSPS) is 46.4. The lowest BCUT2D eigenvalue weighted by molar-refractivity contribution is -0.119. The summed E-state index contributed by atoms with van der Waals surface area (Å²) in [5.74, 6) is 0. The minimum Gasteiger partial charge on any atom is -0.389 e. The molecule has 0 aliphatic heterocycles. The Morgan fingerprint density at radius 2 is 1.89 bits per heavy atom. The first-order valence-electron chi connectivity index (χ1n) is 2.83. The average Bonchev–Trinajstić information content (AvgIpc) is 2.16. The van der Waals surface area contributed by atoms with Crippen LogP contribution in [0.5, 0.6) is 0 Å². The number of carbonyl (C=O) groups is 1. The van der Waals surface area contributed by atoms with Crippen LogP contribution in [-0.2, 0) is 4.79 Å². The van der Waals surface area contributed by atoms with Gasteiger partial charge < -0.3 is 15.0 Å². The van der Waals surface area contributed by atoms with Gasteiger partial charge in [0.15, 0.2) is 11.9 Å². The van der Waals surface area contributed by atoms with Crippen molar-refractivity contribution in [2.24, 2.45) is 5.41 Å². The zero-order chi connectivity index (χ0) is 7.28. The highest BCUT2D eigenvalue weighted by Crippen LogP contribution is 2.53. The lowest BCUT2D eigenvalue weighted by atomic mass is 10.1. The largest absolute Gasteiger partial charge is 0.389 e. The van der Waals surface area contributed by atoms with E-state index in [9.17, 15) is 4.79 Å². The minimum atomic E-state index is -1.48. The van der Waals surface area contributed by atoms with Crippen molar-refractivity contribution in [2.75, 3.05) is 0 Å². The monoisotopic (exact) mass is 130 g/mol.